The smallest absolute Gasteiger partial charge is 0.325 e. The molecule has 1 aromatic carbocycles. The van der Waals surface area contributed by atoms with E-state index in [2.05, 4.69) is 16.7 Å². The number of ether oxygens (including phenoxy) is 1. The average molecular weight is 326 g/mol. The van der Waals surface area contributed by atoms with Crippen molar-refractivity contribution in [2.24, 2.45) is 5.41 Å². The molecule has 1 spiro atoms. The minimum absolute atomic E-state index is 0.0287. The molecule has 2 fully saturated rings. The molecule has 8 nitrogen and oxygen atoms in total. The van der Waals surface area contributed by atoms with Crippen LogP contribution in [0.4, 0.5) is 5.69 Å². The minimum Gasteiger partial charge on any atom is -0.462 e. The Kier molecular flexibility index (Phi) is 3.00. The number of benzene rings is 1. The summed E-state index contributed by atoms with van der Waals surface area (Å²) < 4.78 is 5.14. The van der Waals surface area contributed by atoms with Crippen LogP contribution in [0.3, 0.4) is 0 Å². The number of morpholine rings is 1. The fraction of sp³-hybridized carbons (Fsp3) is 0.375. The van der Waals surface area contributed by atoms with Gasteiger partial charge in [0.15, 0.2) is 5.41 Å². The van der Waals surface area contributed by atoms with Gasteiger partial charge in [-0.05, 0) is 30.2 Å². The van der Waals surface area contributed by atoms with E-state index in [1.807, 2.05) is 0 Å². The van der Waals surface area contributed by atoms with Crippen LogP contribution in [0.25, 0.3) is 0 Å². The van der Waals surface area contributed by atoms with Crippen molar-refractivity contribution in [2.75, 3.05) is 24.7 Å². The summed E-state index contributed by atoms with van der Waals surface area (Å²) in [5, 5.41) is 14.5. The summed E-state index contributed by atoms with van der Waals surface area (Å²) >= 11 is 0. The lowest BCUT2D eigenvalue weighted by molar-refractivity contribution is -0.158. The van der Waals surface area contributed by atoms with Gasteiger partial charge in [0.05, 0.1) is 24.3 Å². The molecular formula is C16H14N4O4. The van der Waals surface area contributed by atoms with Gasteiger partial charge in [-0.25, -0.2) is 0 Å². The van der Waals surface area contributed by atoms with Crippen LogP contribution >= 0.6 is 0 Å². The first-order chi connectivity index (χ1) is 11.6. The van der Waals surface area contributed by atoms with Gasteiger partial charge < -0.3 is 20.3 Å². The summed E-state index contributed by atoms with van der Waals surface area (Å²) in [7, 11) is 0. The van der Waals surface area contributed by atoms with Crippen LogP contribution in [0.5, 0.6) is 0 Å². The summed E-state index contributed by atoms with van der Waals surface area (Å²) in [6.45, 7) is 0.0159. The summed E-state index contributed by atoms with van der Waals surface area (Å²) in [5.41, 5.74) is 0.526. The maximum Gasteiger partial charge on any atom is 0.325 e. The molecule has 1 atom stereocenters. The van der Waals surface area contributed by atoms with Crippen LogP contribution in [0, 0.1) is 16.7 Å². The van der Waals surface area contributed by atoms with Gasteiger partial charge in [-0.3, -0.25) is 14.4 Å². The van der Waals surface area contributed by atoms with E-state index in [4.69, 9.17) is 10.00 Å². The minimum atomic E-state index is -1.37. The van der Waals surface area contributed by atoms with E-state index in [0.29, 0.717) is 11.1 Å². The highest BCUT2D eigenvalue weighted by Crippen LogP contribution is 2.44. The van der Waals surface area contributed by atoms with Crippen molar-refractivity contribution in [2.45, 2.75) is 12.5 Å². The van der Waals surface area contributed by atoms with Gasteiger partial charge in [-0.15, -0.1) is 0 Å². The number of nitrogens with one attached hydrogen (secondary N) is 2. The average Bonchev–Trinajstić information content (AvgIpc) is 2.58. The molecule has 3 aliphatic rings. The first-order valence-electron chi connectivity index (χ1n) is 7.58. The van der Waals surface area contributed by atoms with Crippen LogP contribution in [-0.4, -0.2) is 43.6 Å². The molecule has 2 N–H and O–H groups in total. The van der Waals surface area contributed by atoms with Crippen molar-refractivity contribution < 1.29 is 19.1 Å². The Labute approximate surface area is 137 Å². The zero-order valence-corrected chi connectivity index (χ0v) is 12.7. The van der Waals surface area contributed by atoms with E-state index in [-0.39, 0.29) is 38.1 Å². The number of nitriles is 1. The summed E-state index contributed by atoms with van der Waals surface area (Å²) in [4.78, 5) is 38.9. The number of anilines is 1. The third-order valence-corrected chi connectivity index (χ3v) is 4.94. The monoisotopic (exact) mass is 326 g/mol. The van der Waals surface area contributed by atoms with Gasteiger partial charge in [0.25, 0.3) is 0 Å². The van der Waals surface area contributed by atoms with Gasteiger partial charge in [0, 0.05) is 5.69 Å². The van der Waals surface area contributed by atoms with Crippen molar-refractivity contribution in [1.29, 1.82) is 5.26 Å². The van der Waals surface area contributed by atoms with Gasteiger partial charge in [-0.2, -0.15) is 5.26 Å². The number of cyclic esters (lactones) is 1. The highest BCUT2D eigenvalue weighted by Gasteiger charge is 2.60. The Morgan fingerprint density at radius 1 is 1.25 bits per heavy atom. The van der Waals surface area contributed by atoms with E-state index >= 15 is 0 Å². The topological polar surface area (TPSA) is 112 Å². The molecule has 3 aliphatic heterocycles. The van der Waals surface area contributed by atoms with Crippen LogP contribution in [0.1, 0.15) is 11.1 Å². The zero-order valence-electron chi connectivity index (χ0n) is 12.7. The fourth-order valence-electron chi connectivity index (χ4n) is 3.80. The van der Waals surface area contributed by atoms with Crippen molar-refractivity contribution in [3.05, 3.63) is 29.3 Å². The molecule has 0 radical (unpaired) electrons. The van der Waals surface area contributed by atoms with Gasteiger partial charge in [0.2, 0.25) is 11.8 Å². The van der Waals surface area contributed by atoms with Crippen LogP contribution in [-0.2, 0) is 25.5 Å². The Balaban J connectivity index is 1.90. The number of fused-ring (bicyclic) bond motifs is 4. The summed E-state index contributed by atoms with van der Waals surface area (Å²) in [5.74, 6) is -1.17. The molecule has 8 heteroatoms. The largest absolute Gasteiger partial charge is 0.462 e. The highest BCUT2D eigenvalue weighted by molar-refractivity contribution is 6.09. The maximum atomic E-state index is 12.7. The number of amides is 2. The first kappa shape index (κ1) is 14.5. The predicted octanol–water partition coefficient (Wildman–Crippen LogP) is -0.964. The van der Waals surface area contributed by atoms with Crippen molar-refractivity contribution in [3.63, 3.8) is 0 Å². The lowest BCUT2D eigenvalue weighted by Gasteiger charge is -2.51. The molecule has 1 aromatic rings. The van der Waals surface area contributed by atoms with E-state index in [0.717, 1.165) is 5.69 Å². The normalized spacial score (nSPS) is 24.2. The number of rotatable bonds is 0. The lowest BCUT2D eigenvalue weighted by Crippen LogP contribution is -2.72. The molecule has 0 aromatic heterocycles. The second kappa shape index (κ2) is 4.96. The second-order valence-corrected chi connectivity index (χ2v) is 6.12. The first-order valence-corrected chi connectivity index (χ1v) is 7.58. The molecule has 122 valence electrons. The highest BCUT2D eigenvalue weighted by atomic mass is 16.5. The molecule has 0 saturated carbocycles. The molecule has 0 aliphatic carbocycles. The molecule has 2 amide bonds. The number of carbonyl (C=O) groups excluding carboxylic acids is 3. The summed E-state index contributed by atoms with van der Waals surface area (Å²) in [6.07, 6.45) is 0.161. The molecular weight excluding hydrogens is 312 g/mol. The van der Waals surface area contributed by atoms with E-state index in [9.17, 15) is 14.4 Å². The number of carbonyl (C=O) groups is 3. The Bertz CT molecular complexity index is 797. The third kappa shape index (κ3) is 1.81. The Morgan fingerprint density at radius 2 is 2.00 bits per heavy atom. The van der Waals surface area contributed by atoms with Crippen molar-refractivity contribution >= 4 is 23.5 Å². The quantitative estimate of drug-likeness (QED) is 0.469. The lowest BCUT2D eigenvalue weighted by atomic mass is 9.68. The molecule has 24 heavy (non-hydrogen) atoms. The number of hydrogen-bond donors (Lipinski definition) is 2. The van der Waals surface area contributed by atoms with Crippen molar-refractivity contribution in [3.8, 4) is 6.07 Å². The van der Waals surface area contributed by atoms with E-state index in [1.165, 1.54) is 0 Å². The second-order valence-electron chi connectivity index (χ2n) is 6.12. The third-order valence-electron chi connectivity index (χ3n) is 4.94. The van der Waals surface area contributed by atoms with Crippen LogP contribution in [0.15, 0.2) is 18.2 Å². The maximum absolute atomic E-state index is 12.7. The van der Waals surface area contributed by atoms with Gasteiger partial charge in [-0.1, -0.05) is 0 Å². The summed E-state index contributed by atoms with van der Waals surface area (Å²) in [6, 6.07) is 6.57. The van der Waals surface area contributed by atoms with E-state index < -0.39 is 17.4 Å². The van der Waals surface area contributed by atoms with E-state index in [1.54, 1.807) is 23.1 Å². The standard InChI is InChI=1S/C16H14N4O4/c17-5-9-1-2-11-10(3-9)4-16(14(22)18-8-19-15(16)23)12-7-24-13(21)6-20(11)12/h1-3,12H,4,6-8H2,(H,18,22)(H,19,23). The van der Waals surface area contributed by atoms with Gasteiger partial charge >= 0.3 is 5.97 Å². The molecule has 1 unspecified atom stereocenters. The van der Waals surface area contributed by atoms with Crippen molar-refractivity contribution in [1.82, 2.24) is 10.6 Å². The SMILES string of the molecule is N#Cc1ccc2c(c1)CC1(C(=O)NCNC1=O)C1COC(=O)CN21. The van der Waals surface area contributed by atoms with Crippen LogP contribution in [0.2, 0.25) is 0 Å². The number of hydrogen-bond acceptors (Lipinski definition) is 6. The molecule has 3 heterocycles. The Morgan fingerprint density at radius 3 is 2.71 bits per heavy atom. The number of esters is 1. The fourth-order valence-corrected chi connectivity index (χ4v) is 3.80. The molecule has 0 bridgehead atoms. The predicted molar refractivity (Wildman–Crippen MR) is 80.5 cm³/mol. The Hall–Kier alpha value is -3.08. The zero-order chi connectivity index (χ0) is 16.9. The molecule has 2 saturated heterocycles. The number of nitrogens with zero attached hydrogens (tertiary/aromatic N) is 2. The van der Waals surface area contributed by atoms with Gasteiger partial charge in [0.1, 0.15) is 13.2 Å². The molecule has 4 rings (SSSR count). The van der Waals surface area contributed by atoms with Crippen LogP contribution < -0.4 is 15.5 Å².